The minimum Gasteiger partial charge on any atom is -0.452 e. The standard InChI is InChI=1S/C24H22O6/c1-24(2)29-22-21(26)18(28-23(22)30-24)11-9-15-8-10-17-16(12-15)20(25)19(27-17)13-14-6-4-3-5-7-14/h3-13,18,21-23,26H,1-2H3/b11-9+,19-13-/t18-,21+,22-,23-/m1/s1. The molecule has 0 spiro atoms. The van der Waals surface area contributed by atoms with Crippen molar-refractivity contribution in [3.05, 3.63) is 77.1 Å². The summed E-state index contributed by atoms with van der Waals surface area (Å²) in [6, 6.07) is 15.0. The molecule has 2 fully saturated rings. The molecule has 6 nitrogen and oxygen atoms in total. The highest BCUT2D eigenvalue weighted by Crippen LogP contribution is 2.38. The molecule has 30 heavy (non-hydrogen) atoms. The Morgan fingerprint density at radius 3 is 2.60 bits per heavy atom. The van der Waals surface area contributed by atoms with Crippen LogP contribution in [0.15, 0.2) is 60.4 Å². The molecular weight excluding hydrogens is 384 g/mol. The number of allylic oxidation sites excluding steroid dienone is 1. The molecule has 2 saturated heterocycles. The summed E-state index contributed by atoms with van der Waals surface area (Å²) in [5, 5.41) is 10.5. The van der Waals surface area contributed by atoms with E-state index in [1.54, 1.807) is 38.1 Å². The van der Waals surface area contributed by atoms with Crippen LogP contribution in [0.2, 0.25) is 0 Å². The Labute approximate surface area is 174 Å². The third kappa shape index (κ3) is 3.48. The van der Waals surface area contributed by atoms with E-state index in [1.165, 1.54) is 0 Å². The zero-order valence-corrected chi connectivity index (χ0v) is 16.6. The quantitative estimate of drug-likeness (QED) is 0.786. The summed E-state index contributed by atoms with van der Waals surface area (Å²) in [5.41, 5.74) is 2.22. The zero-order valence-electron chi connectivity index (χ0n) is 16.6. The van der Waals surface area contributed by atoms with Crippen LogP contribution in [0.25, 0.3) is 12.2 Å². The number of benzene rings is 2. The third-order valence-electron chi connectivity index (χ3n) is 5.32. The molecule has 6 heteroatoms. The molecule has 154 valence electrons. The van der Waals surface area contributed by atoms with Gasteiger partial charge in [0.05, 0.1) is 5.56 Å². The molecule has 3 heterocycles. The highest BCUT2D eigenvalue weighted by atomic mass is 16.8. The predicted octanol–water partition coefficient (Wildman–Crippen LogP) is 3.55. The van der Waals surface area contributed by atoms with Crippen LogP contribution in [0.4, 0.5) is 0 Å². The molecule has 5 rings (SSSR count). The Bertz CT molecular complexity index is 1040. The first-order valence-electron chi connectivity index (χ1n) is 9.90. The fourth-order valence-corrected chi connectivity index (χ4v) is 3.89. The maximum atomic E-state index is 12.7. The van der Waals surface area contributed by atoms with Gasteiger partial charge in [0.25, 0.3) is 0 Å². The first kappa shape index (κ1) is 19.2. The van der Waals surface area contributed by atoms with E-state index >= 15 is 0 Å². The number of ether oxygens (including phenoxy) is 4. The van der Waals surface area contributed by atoms with E-state index in [4.69, 9.17) is 18.9 Å². The fraction of sp³-hybridized carbons (Fsp3) is 0.292. The highest BCUT2D eigenvalue weighted by Gasteiger charge is 2.53. The van der Waals surface area contributed by atoms with Crippen molar-refractivity contribution in [2.75, 3.05) is 0 Å². The number of aliphatic hydroxyl groups is 1. The number of hydrogen-bond acceptors (Lipinski definition) is 6. The van der Waals surface area contributed by atoms with E-state index in [-0.39, 0.29) is 5.78 Å². The van der Waals surface area contributed by atoms with Gasteiger partial charge in [-0.05, 0) is 43.2 Å². The van der Waals surface area contributed by atoms with Crippen molar-refractivity contribution in [1.29, 1.82) is 0 Å². The van der Waals surface area contributed by atoms with Crippen molar-refractivity contribution in [2.45, 2.75) is 44.2 Å². The average molecular weight is 406 g/mol. The number of Topliss-reactive ketones (excluding diaryl/α,β-unsaturated/α-hetero) is 1. The molecule has 0 bridgehead atoms. The molecule has 0 amide bonds. The van der Waals surface area contributed by atoms with E-state index in [9.17, 15) is 9.90 Å². The number of ketones is 1. The van der Waals surface area contributed by atoms with E-state index in [1.807, 2.05) is 42.5 Å². The van der Waals surface area contributed by atoms with Gasteiger partial charge < -0.3 is 24.1 Å². The Morgan fingerprint density at radius 1 is 1.03 bits per heavy atom. The lowest BCUT2D eigenvalue weighted by molar-refractivity contribution is -0.209. The third-order valence-corrected chi connectivity index (χ3v) is 5.32. The molecule has 0 unspecified atom stereocenters. The van der Waals surface area contributed by atoms with Crippen molar-refractivity contribution in [3.63, 3.8) is 0 Å². The Kier molecular flexibility index (Phi) is 4.60. The molecule has 0 aliphatic carbocycles. The van der Waals surface area contributed by atoms with Crippen LogP contribution < -0.4 is 4.74 Å². The summed E-state index contributed by atoms with van der Waals surface area (Å²) in [6.07, 6.45) is 2.82. The normalized spacial score (nSPS) is 30.6. The Balaban J connectivity index is 1.31. The van der Waals surface area contributed by atoms with Gasteiger partial charge in [-0.15, -0.1) is 0 Å². The summed E-state index contributed by atoms with van der Waals surface area (Å²) >= 11 is 0. The molecule has 2 aromatic carbocycles. The first-order chi connectivity index (χ1) is 14.4. The number of hydrogen-bond donors (Lipinski definition) is 1. The summed E-state index contributed by atoms with van der Waals surface area (Å²) < 4.78 is 22.9. The minimum absolute atomic E-state index is 0.153. The van der Waals surface area contributed by atoms with Crippen LogP contribution in [0.3, 0.4) is 0 Å². The van der Waals surface area contributed by atoms with Crippen LogP contribution in [-0.4, -0.2) is 41.3 Å². The number of rotatable bonds is 3. The minimum atomic E-state index is -0.826. The zero-order chi connectivity index (χ0) is 20.9. The lowest BCUT2D eigenvalue weighted by Crippen LogP contribution is -2.33. The van der Waals surface area contributed by atoms with Crippen LogP contribution in [0.5, 0.6) is 5.75 Å². The van der Waals surface area contributed by atoms with Gasteiger partial charge in [-0.25, -0.2) is 0 Å². The van der Waals surface area contributed by atoms with E-state index < -0.39 is 30.4 Å². The van der Waals surface area contributed by atoms with E-state index in [2.05, 4.69) is 0 Å². The first-order valence-corrected chi connectivity index (χ1v) is 9.90. The maximum Gasteiger partial charge on any atom is 0.231 e. The van der Waals surface area contributed by atoms with Crippen molar-refractivity contribution in [3.8, 4) is 5.75 Å². The fourth-order valence-electron chi connectivity index (χ4n) is 3.89. The van der Waals surface area contributed by atoms with Gasteiger partial charge in [0, 0.05) is 0 Å². The largest absolute Gasteiger partial charge is 0.452 e. The summed E-state index contributed by atoms with van der Waals surface area (Å²) in [7, 11) is 0. The predicted molar refractivity (Wildman–Crippen MR) is 110 cm³/mol. The van der Waals surface area contributed by atoms with Gasteiger partial charge in [0.15, 0.2) is 17.8 Å². The summed E-state index contributed by atoms with van der Waals surface area (Å²) in [6.45, 7) is 3.58. The van der Waals surface area contributed by atoms with Crippen molar-refractivity contribution < 1.29 is 28.8 Å². The van der Waals surface area contributed by atoms with Gasteiger partial charge in [-0.1, -0.05) is 48.6 Å². The maximum absolute atomic E-state index is 12.7. The number of fused-ring (bicyclic) bond motifs is 2. The van der Waals surface area contributed by atoms with Crippen molar-refractivity contribution >= 4 is 17.9 Å². The van der Waals surface area contributed by atoms with Gasteiger partial charge in [-0.3, -0.25) is 4.79 Å². The van der Waals surface area contributed by atoms with Gasteiger partial charge in [0.1, 0.15) is 24.1 Å². The molecule has 1 N–H and O–H groups in total. The summed E-state index contributed by atoms with van der Waals surface area (Å²) in [4.78, 5) is 12.7. The van der Waals surface area contributed by atoms with Crippen molar-refractivity contribution in [2.24, 2.45) is 0 Å². The monoisotopic (exact) mass is 406 g/mol. The lowest BCUT2D eigenvalue weighted by Gasteiger charge is -2.21. The Morgan fingerprint density at radius 2 is 1.83 bits per heavy atom. The lowest BCUT2D eigenvalue weighted by atomic mass is 10.0. The van der Waals surface area contributed by atoms with E-state index in [0.29, 0.717) is 17.1 Å². The summed E-state index contributed by atoms with van der Waals surface area (Å²) in [5.74, 6) is -0.0810. The van der Waals surface area contributed by atoms with Crippen LogP contribution in [0.1, 0.15) is 35.3 Å². The topological polar surface area (TPSA) is 74.2 Å². The van der Waals surface area contributed by atoms with Gasteiger partial charge in [-0.2, -0.15) is 0 Å². The molecule has 0 aromatic heterocycles. The second-order valence-electron chi connectivity index (χ2n) is 8.03. The molecule has 2 aromatic rings. The molecular formula is C24H22O6. The molecule has 0 saturated carbocycles. The number of carbonyl (C=O) groups excluding carboxylic acids is 1. The van der Waals surface area contributed by atoms with Gasteiger partial charge in [0.2, 0.25) is 5.78 Å². The number of carbonyl (C=O) groups is 1. The molecule has 4 atom stereocenters. The molecule has 3 aliphatic heterocycles. The SMILES string of the molecule is CC1(C)O[C@H]2O[C@H](/C=C/c3ccc4c(c3)C(=O)/C(=C/c3ccccc3)O4)[C@H](O)[C@H]2O1. The number of aliphatic hydroxyl groups excluding tert-OH is 1. The van der Waals surface area contributed by atoms with Gasteiger partial charge >= 0.3 is 0 Å². The van der Waals surface area contributed by atoms with Crippen LogP contribution >= 0.6 is 0 Å². The highest BCUT2D eigenvalue weighted by molar-refractivity contribution is 6.14. The second-order valence-corrected chi connectivity index (χ2v) is 8.03. The van der Waals surface area contributed by atoms with E-state index in [0.717, 1.165) is 11.1 Å². The smallest absolute Gasteiger partial charge is 0.231 e. The Hall–Kier alpha value is -2.77. The van der Waals surface area contributed by atoms with Crippen LogP contribution in [-0.2, 0) is 14.2 Å². The van der Waals surface area contributed by atoms with Crippen molar-refractivity contribution in [1.82, 2.24) is 0 Å². The second kappa shape index (κ2) is 7.18. The molecule has 3 aliphatic rings. The average Bonchev–Trinajstić information content (AvgIpc) is 3.30. The van der Waals surface area contributed by atoms with Crippen LogP contribution in [0, 0.1) is 0 Å². The molecule has 0 radical (unpaired) electrons.